The number of hydrogen-bond donors (Lipinski definition) is 1. The molecule has 84 valence electrons. The minimum atomic E-state index is -0.417. The fourth-order valence-electron chi connectivity index (χ4n) is 1.82. The number of rotatable bonds is 4. The van der Waals surface area contributed by atoms with Crippen LogP contribution in [0.4, 0.5) is 0 Å². The molecule has 0 aromatic rings. The van der Waals surface area contributed by atoms with E-state index in [4.69, 9.17) is 0 Å². The molecule has 1 aliphatic heterocycles. The summed E-state index contributed by atoms with van der Waals surface area (Å²) in [6, 6.07) is -0.417. The first-order chi connectivity index (χ1) is 7.10. The molecule has 0 aromatic carbocycles. The second kappa shape index (κ2) is 4.91. The predicted molar refractivity (Wildman–Crippen MR) is 51.9 cm³/mol. The monoisotopic (exact) mass is 213 g/mol. The number of nitrogens with one attached hydrogen (secondary N) is 1. The van der Waals surface area contributed by atoms with Crippen LogP contribution in [0.2, 0.25) is 0 Å². The van der Waals surface area contributed by atoms with Gasteiger partial charge in [-0.25, -0.2) is 0 Å². The minimum Gasteiger partial charge on any atom is -0.469 e. The third-order valence-corrected chi connectivity index (χ3v) is 2.88. The number of methoxy groups -OCH3 is 1. The third kappa shape index (κ3) is 2.55. The van der Waals surface area contributed by atoms with Crippen LogP contribution in [0.5, 0.6) is 0 Å². The molecule has 1 saturated heterocycles. The topological polar surface area (TPSA) is 72.5 Å². The standard InChI is InChI=1S/C10H15NO4/c1-6-7(3-4-9(13)15-2)10(14)11-8(6)5-12/h5-8H,3-4H2,1-2H3,(H,11,14). The van der Waals surface area contributed by atoms with Crippen molar-refractivity contribution in [3.8, 4) is 0 Å². The number of carbonyl (C=O) groups is 3. The minimum absolute atomic E-state index is 0.0559. The van der Waals surface area contributed by atoms with Gasteiger partial charge in [0, 0.05) is 12.3 Å². The summed E-state index contributed by atoms with van der Waals surface area (Å²) in [6.45, 7) is 1.83. The van der Waals surface area contributed by atoms with Crippen LogP contribution in [0, 0.1) is 11.8 Å². The van der Waals surface area contributed by atoms with Gasteiger partial charge in [-0.2, -0.15) is 0 Å². The van der Waals surface area contributed by atoms with E-state index in [1.54, 1.807) is 0 Å². The van der Waals surface area contributed by atoms with Crippen molar-refractivity contribution in [3.63, 3.8) is 0 Å². The molecule has 0 aromatic heterocycles. The first kappa shape index (κ1) is 11.7. The van der Waals surface area contributed by atoms with E-state index in [1.807, 2.05) is 6.92 Å². The van der Waals surface area contributed by atoms with Gasteiger partial charge in [0.15, 0.2) is 0 Å². The summed E-state index contributed by atoms with van der Waals surface area (Å²) in [5.74, 6) is -0.799. The van der Waals surface area contributed by atoms with E-state index in [9.17, 15) is 14.4 Å². The molecular formula is C10H15NO4. The Hall–Kier alpha value is -1.39. The van der Waals surface area contributed by atoms with Gasteiger partial charge in [-0.1, -0.05) is 6.92 Å². The summed E-state index contributed by atoms with van der Waals surface area (Å²) in [5, 5.41) is 2.59. The largest absolute Gasteiger partial charge is 0.469 e. The molecule has 1 amide bonds. The average molecular weight is 213 g/mol. The maximum Gasteiger partial charge on any atom is 0.305 e. The van der Waals surface area contributed by atoms with E-state index < -0.39 is 6.04 Å². The molecule has 5 nitrogen and oxygen atoms in total. The van der Waals surface area contributed by atoms with Crippen molar-refractivity contribution < 1.29 is 19.1 Å². The quantitative estimate of drug-likeness (QED) is 0.522. The summed E-state index contributed by atoms with van der Waals surface area (Å²) < 4.78 is 4.49. The van der Waals surface area contributed by atoms with Crippen molar-refractivity contribution >= 4 is 18.2 Å². The summed E-state index contributed by atoms with van der Waals surface area (Å²) in [6.07, 6.45) is 1.38. The molecule has 3 atom stereocenters. The van der Waals surface area contributed by atoms with Crippen LogP contribution in [-0.2, 0) is 19.1 Å². The Morgan fingerprint density at radius 3 is 2.73 bits per heavy atom. The Morgan fingerprint density at radius 1 is 1.60 bits per heavy atom. The highest BCUT2D eigenvalue weighted by atomic mass is 16.5. The zero-order chi connectivity index (χ0) is 11.4. The Labute approximate surface area is 88.2 Å². The maximum absolute atomic E-state index is 11.4. The van der Waals surface area contributed by atoms with E-state index in [2.05, 4.69) is 10.1 Å². The Balaban J connectivity index is 2.51. The lowest BCUT2D eigenvalue weighted by atomic mass is 9.89. The number of aldehydes is 1. The van der Waals surface area contributed by atoms with Crippen LogP contribution in [0.3, 0.4) is 0 Å². The second-order valence-electron chi connectivity index (χ2n) is 3.75. The molecule has 0 aliphatic carbocycles. The van der Waals surface area contributed by atoms with Crippen molar-refractivity contribution in [2.75, 3.05) is 7.11 Å². The summed E-state index contributed by atoms with van der Waals surface area (Å²) in [4.78, 5) is 32.9. The lowest BCUT2D eigenvalue weighted by molar-refractivity contribution is -0.141. The van der Waals surface area contributed by atoms with E-state index in [0.29, 0.717) is 6.42 Å². The van der Waals surface area contributed by atoms with Gasteiger partial charge in [0.05, 0.1) is 13.2 Å². The van der Waals surface area contributed by atoms with E-state index >= 15 is 0 Å². The highest BCUT2D eigenvalue weighted by Gasteiger charge is 2.38. The molecule has 0 bridgehead atoms. The van der Waals surface area contributed by atoms with Gasteiger partial charge >= 0.3 is 5.97 Å². The number of hydrogen-bond acceptors (Lipinski definition) is 4. The van der Waals surface area contributed by atoms with Crippen molar-refractivity contribution in [2.45, 2.75) is 25.8 Å². The van der Waals surface area contributed by atoms with Gasteiger partial charge in [0.2, 0.25) is 5.91 Å². The van der Waals surface area contributed by atoms with Crippen molar-refractivity contribution in [1.82, 2.24) is 5.32 Å². The second-order valence-corrected chi connectivity index (χ2v) is 3.75. The summed E-state index contributed by atoms with van der Waals surface area (Å²) in [7, 11) is 1.31. The Kier molecular flexibility index (Phi) is 3.82. The van der Waals surface area contributed by atoms with Crippen molar-refractivity contribution in [2.24, 2.45) is 11.8 Å². The zero-order valence-electron chi connectivity index (χ0n) is 8.86. The van der Waals surface area contributed by atoms with Crippen LogP contribution in [0.25, 0.3) is 0 Å². The Morgan fingerprint density at radius 2 is 2.27 bits per heavy atom. The molecular weight excluding hydrogens is 198 g/mol. The van der Waals surface area contributed by atoms with Gasteiger partial charge in [0.1, 0.15) is 6.29 Å². The maximum atomic E-state index is 11.4. The molecule has 0 radical (unpaired) electrons. The fraction of sp³-hybridized carbons (Fsp3) is 0.700. The van der Waals surface area contributed by atoms with Crippen LogP contribution in [-0.4, -0.2) is 31.3 Å². The first-order valence-electron chi connectivity index (χ1n) is 4.92. The summed E-state index contributed by atoms with van der Waals surface area (Å²) >= 11 is 0. The van der Waals surface area contributed by atoms with E-state index in [1.165, 1.54) is 7.11 Å². The molecule has 1 fully saturated rings. The normalized spacial score (nSPS) is 29.7. The summed E-state index contributed by atoms with van der Waals surface area (Å²) in [5.41, 5.74) is 0. The number of carbonyl (C=O) groups excluding carboxylic acids is 3. The third-order valence-electron chi connectivity index (χ3n) is 2.88. The van der Waals surface area contributed by atoms with E-state index in [-0.39, 0.29) is 30.1 Å². The molecule has 0 spiro atoms. The average Bonchev–Trinajstić information content (AvgIpc) is 2.51. The fourth-order valence-corrected chi connectivity index (χ4v) is 1.82. The SMILES string of the molecule is COC(=O)CCC1C(=O)NC(C=O)C1C. The van der Waals surface area contributed by atoms with Crippen LogP contribution < -0.4 is 5.32 Å². The molecule has 1 N–H and O–H groups in total. The molecule has 3 unspecified atom stereocenters. The van der Waals surface area contributed by atoms with Crippen LogP contribution >= 0.6 is 0 Å². The van der Waals surface area contributed by atoms with Gasteiger partial charge in [0.25, 0.3) is 0 Å². The van der Waals surface area contributed by atoms with Crippen molar-refractivity contribution in [1.29, 1.82) is 0 Å². The van der Waals surface area contributed by atoms with Gasteiger partial charge in [-0.3, -0.25) is 9.59 Å². The number of ether oxygens (including phenoxy) is 1. The lowest BCUT2D eigenvalue weighted by Gasteiger charge is -2.12. The molecule has 15 heavy (non-hydrogen) atoms. The number of esters is 1. The highest BCUT2D eigenvalue weighted by molar-refractivity contribution is 5.86. The highest BCUT2D eigenvalue weighted by Crippen LogP contribution is 2.26. The van der Waals surface area contributed by atoms with Crippen molar-refractivity contribution in [3.05, 3.63) is 0 Å². The lowest BCUT2D eigenvalue weighted by Crippen LogP contribution is -2.29. The first-order valence-corrected chi connectivity index (χ1v) is 4.92. The predicted octanol–water partition coefficient (Wildman–Crippen LogP) is -0.111. The molecule has 5 heteroatoms. The van der Waals surface area contributed by atoms with E-state index in [0.717, 1.165) is 6.29 Å². The molecule has 1 aliphatic rings. The van der Waals surface area contributed by atoms with Crippen LogP contribution in [0.15, 0.2) is 0 Å². The zero-order valence-corrected chi connectivity index (χ0v) is 8.86. The van der Waals surface area contributed by atoms with Crippen LogP contribution in [0.1, 0.15) is 19.8 Å². The molecule has 1 heterocycles. The molecule has 0 saturated carbocycles. The smallest absolute Gasteiger partial charge is 0.305 e. The van der Waals surface area contributed by atoms with Gasteiger partial charge in [-0.15, -0.1) is 0 Å². The Bertz CT molecular complexity index is 277. The van der Waals surface area contributed by atoms with Gasteiger partial charge < -0.3 is 14.8 Å². The van der Waals surface area contributed by atoms with Gasteiger partial charge in [-0.05, 0) is 12.3 Å². The molecule has 1 rings (SSSR count). The number of amides is 1.